The zero-order chi connectivity index (χ0) is 10.2. The molecule has 1 aliphatic carbocycles. The van der Waals surface area contributed by atoms with Crippen LogP contribution in [0, 0.1) is 5.82 Å². The molecule has 2 atom stereocenters. The Morgan fingerprint density at radius 3 is 2.43 bits per heavy atom. The summed E-state index contributed by atoms with van der Waals surface area (Å²) in [5.41, 5.74) is 4.87. The van der Waals surface area contributed by atoms with Crippen LogP contribution in [0.2, 0.25) is 0 Å². The van der Waals surface area contributed by atoms with E-state index in [1.165, 1.54) is 24.3 Å². The SMILES string of the molecule is NC1CCC(F)(c2ccc(F)cc2)C1. The van der Waals surface area contributed by atoms with E-state index in [0.717, 1.165) is 0 Å². The Kier molecular flexibility index (Phi) is 2.27. The summed E-state index contributed by atoms with van der Waals surface area (Å²) in [7, 11) is 0. The molecule has 0 amide bonds. The maximum atomic E-state index is 14.2. The third-order valence-corrected chi connectivity index (χ3v) is 2.86. The van der Waals surface area contributed by atoms with Gasteiger partial charge in [0.2, 0.25) is 0 Å². The minimum absolute atomic E-state index is 0.0648. The average Bonchev–Trinajstić information content (AvgIpc) is 2.48. The summed E-state index contributed by atoms with van der Waals surface area (Å²) in [6, 6.07) is 5.53. The second kappa shape index (κ2) is 3.31. The van der Waals surface area contributed by atoms with Crippen LogP contribution in [0.5, 0.6) is 0 Å². The van der Waals surface area contributed by atoms with Crippen molar-refractivity contribution in [2.75, 3.05) is 0 Å². The van der Waals surface area contributed by atoms with Gasteiger partial charge in [-0.1, -0.05) is 12.1 Å². The summed E-state index contributed by atoms with van der Waals surface area (Å²) in [4.78, 5) is 0. The summed E-state index contributed by atoms with van der Waals surface area (Å²) in [6.45, 7) is 0. The molecule has 76 valence electrons. The molecular formula is C11H13F2N. The Labute approximate surface area is 81.9 Å². The number of halogens is 2. The lowest BCUT2D eigenvalue weighted by Crippen LogP contribution is -2.21. The summed E-state index contributed by atoms with van der Waals surface area (Å²) >= 11 is 0. The number of hydrogen-bond donors (Lipinski definition) is 1. The molecular weight excluding hydrogens is 184 g/mol. The topological polar surface area (TPSA) is 26.0 Å². The van der Waals surface area contributed by atoms with Gasteiger partial charge in [0.25, 0.3) is 0 Å². The van der Waals surface area contributed by atoms with Gasteiger partial charge in [-0.05, 0) is 30.5 Å². The molecule has 0 spiro atoms. The largest absolute Gasteiger partial charge is 0.328 e. The lowest BCUT2D eigenvalue weighted by atomic mass is 9.94. The van der Waals surface area contributed by atoms with E-state index in [0.29, 0.717) is 24.8 Å². The van der Waals surface area contributed by atoms with Gasteiger partial charge in [0, 0.05) is 12.5 Å². The number of alkyl halides is 1. The Bertz CT molecular complexity index is 323. The average molecular weight is 197 g/mol. The second-order valence-electron chi connectivity index (χ2n) is 3.98. The van der Waals surface area contributed by atoms with Crippen molar-refractivity contribution in [1.29, 1.82) is 0 Å². The first-order valence-corrected chi connectivity index (χ1v) is 4.81. The van der Waals surface area contributed by atoms with Crippen molar-refractivity contribution < 1.29 is 8.78 Å². The predicted octanol–water partition coefficient (Wildman–Crippen LogP) is 2.50. The van der Waals surface area contributed by atoms with Gasteiger partial charge < -0.3 is 5.73 Å². The minimum atomic E-state index is -1.34. The fourth-order valence-electron chi connectivity index (χ4n) is 2.04. The van der Waals surface area contributed by atoms with Crippen molar-refractivity contribution in [2.45, 2.75) is 31.0 Å². The molecule has 3 heteroatoms. The maximum absolute atomic E-state index is 14.2. The van der Waals surface area contributed by atoms with Gasteiger partial charge in [-0.2, -0.15) is 0 Å². The number of nitrogens with two attached hydrogens (primary N) is 1. The van der Waals surface area contributed by atoms with E-state index in [2.05, 4.69) is 0 Å². The van der Waals surface area contributed by atoms with E-state index in [1.54, 1.807) is 0 Å². The molecule has 0 aliphatic heterocycles. The highest BCUT2D eigenvalue weighted by Crippen LogP contribution is 2.41. The molecule has 0 radical (unpaired) electrons. The van der Waals surface area contributed by atoms with Gasteiger partial charge in [0.1, 0.15) is 11.5 Å². The summed E-state index contributed by atoms with van der Waals surface area (Å²) in [6.07, 6.45) is 1.49. The van der Waals surface area contributed by atoms with E-state index >= 15 is 0 Å². The molecule has 0 aromatic heterocycles. The van der Waals surface area contributed by atoms with Gasteiger partial charge >= 0.3 is 0 Å². The minimum Gasteiger partial charge on any atom is -0.328 e. The molecule has 1 aromatic rings. The van der Waals surface area contributed by atoms with E-state index in [9.17, 15) is 8.78 Å². The molecule has 1 nitrogen and oxygen atoms in total. The quantitative estimate of drug-likeness (QED) is 0.735. The van der Waals surface area contributed by atoms with Gasteiger partial charge in [-0.15, -0.1) is 0 Å². The maximum Gasteiger partial charge on any atom is 0.137 e. The Hall–Kier alpha value is -0.960. The van der Waals surface area contributed by atoms with Crippen LogP contribution in [0.1, 0.15) is 24.8 Å². The predicted molar refractivity (Wildman–Crippen MR) is 51.0 cm³/mol. The van der Waals surface area contributed by atoms with E-state index in [4.69, 9.17) is 5.73 Å². The van der Waals surface area contributed by atoms with Crippen molar-refractivity contribution in [3.8, 4) is 0 Å². The Morgan fingerprint density at radius 2 is 1.93 bits per heavy atom. The van der Waals surface area contributed by atoms with E-state index < -0.39 is 5.67 Å². The highest BCUT2D eigenvalue weighted by molar-refractivity contribution is 5.24. The lowest BCUT2D eigenvalue weighted by Gasteiger charge is -2.19. The Morgan fingerprint density at radius 1 is 1.29 bits per heavy atom. The first-order chi connectivity index (χ1) is 6.60. The van der Waals surface area contributed by atoms with Crippen LogP contribution in [0.3, 0.4) is 0 Å². The van der Waals surface area contributed by atoms with Crippen LogP contribution >= 0.6 is 0 Å². The van der Waals surface area contributed by atoms with Gasteiger partial charge in [0.05, 0.1) is 0 Å². The summed E-state index contributed by atoms with van der Waals surface area (Å²) in [5.74, 6) is -0.334. The highest BCUT2D eigenvalue weighted by Gasteiger charge is 2.39. The van der Waals surface area contributed by atoms with Gasteiger partial charge in [-0.3, -0.25) is 0 Å². The highest BCUT2D eigenvalue weighted by atomic mass is 19.1. The molecule has 2 N–H and O–H groups in total. The zero-order valence-electron chi connectivity index (χ0n) is 7.84. The third-order valence-electron chi connectivity index (χ3n) is 2.86. The third kappa shape index (κ3) is 1.64. The fourth-order valence-corrected chi connectivity index (χ4v) is 2.04. The van der Waals surface area contributed by atoms with Crippen molar-refractivity contribution >= 4 is 0 Å². The van der Waals surface area contributed by atoms with Crippen molar-refractivity contribution in [1.82, 2.24) is 0 Å². The first kappa shape index (κ1) is 9.59. The van der Waals surface area contributed by atoms with E-state index in [-0.39, 0.29) is 11.9 Å². The molecule has 0 heterocycles. The van der Waals surface area contributed by atoms with Crippen LogP contribution in [0.4, 0.5) is 8.78 Å². The van der Waals surface area contributed by atoms with Gasteiger partial charge in [0.15, 0.2) is 0 Å². The summed E-state index contributed by atoms with van der Waals surface area (Å²) in [5, 5.41) is 0. The smallest absolute Gasteiger partial charge is 0.137 e. The molecule has 0 saturated heterocycles. The normalized spacial score (nSPS) is 32.1. The molecule has 2 unspecified atom stereocenters. The zero-order valence-corrected chi connectivity index (χ0v) is 7.84. The van der Waals surface area contributed by atoms with Crippen LogP contribution in [0.25, 0.3) is 0 Å². The number of benzene rings is 1. The number of rotatable bonds is 1. The van der Waals surface area contributed by atoms with Crippen LogP contribution in [-0.4, -0.2) is 6.04 Å². The molecule has 1 aliphatic rings. The second-order valence-corrected chi connectivity index (χ2v) is 3.98. The van der Waals surface area contributed by atoms with E-state index in [1.807, 2.05) is 0 Å². The first-order valence-electron chi connectivity index (χ1n) is 4.81. The van der Waals surface area contributed by atoms with Crippen LogP contribution in [-0.2, 0) is 5.67 Å². The monoisotopic (exact) mass is 197 g/mol. The molecule has 1 aromatic carbocycles. The van der Waals surface area contributed by atoms with Crippen molar-refractivity contribution in [2.24, 2.45) is 5.73 Å². The number of hydrogen-bond acceptors (Lipinski definition) is 1. The van der Waals surface area contributed by atoms with Crippen molar-refractivity contribution in [3.05, 3.63) is 35.6 Å². The van der Waals surface area contributed by atoms with Gasteiger partial charge in [-0.25, -0.2) is 8.78 Å². The fraction of sp³-hybridized carbons (Fsp3) is 0.455. The van der Waals surface area contributed by atoms with Crippen LogP contribution < -0.4 is 5.73 Å². The standard InChI is InChI=1S/C11H13F2N/c12-9-3-1-8(2-4-9)11(13)6-5-10(14)7-11/h1-4,10H,5-7,14H2. The summed E-state index contributed by atoms with van der Waals surface area (Å²) < 4.78 is 26.9. The Balaban J connectivity index is 2.26. The van der Waals surface area contributed by atoms with Crippen LogP contribution in [0.15, 0.2) is 24.3 Å². The molecule has 14 heavy (non-hydrogen) atoms. The molecule has 1 saturated carbocycles. The molecule has 0 bridgehead atoms. The molecule has 2 rings (SSSR count). The van der Waals surface area contributed by atoms with Crippen molar-refractivity contribution in [3.63, 3.8) is 0 Å². The molecule has 1 fully saturated rings. The lowest BCUT2D eigenvalue weighted by molar-refractivity contribution is 0.172.